The summed E-state index contributed by atoms with van der Waals surface area (Å²) in [6, 6.07) is 13.4. The van der Waals surface area contributed by atoms with E-state index in [1.54, 1.807) is 0 Å². The van der Waals surface area contributed by atoms with E-state index in [9.17, 15) is 9.59 Å². The number of esters is 1. The number of ether oxygens (including phenoxy) is 2. The Balaban J connectivity index is 1.70. The van der Waals surface area contributed by atoms with Gasteiger partial charge in [-0.05, 0) is 55.7 Å². The molecule has 0 saturated heterocycles. The maximum absolute atomic E-state index is 11.9. The highest BCUT2D eigenvalue weighted by Crippen LogP contribution is 2.16. The van der Waals surface area contributed by atoms with E-state index in [0.29, 0.717) is 5.75 Å². The van der Waals surface area contributed by atoms with Crippen molar-refractivity contribution < 1.29 is 19.1 Å². The molecule has 25 heavy (non-hydrogen) atoms. The second-order valence-corrected chi connectivity index (χ2v) is 5.94. The number of hydrogen-bond acceptors (Lipinski definition) is 4. The van der Waals surface area contributed by atoms with Crippen LogP contribution in [-0.4, -0.2) is 25.1 Å². The van der Waals surface area contributed by atoms with Gasteiger partial charge in [-0.15, -0.1) is 0 Å². The van der Waals surface area contributed by atoms with Crippen LogP contribution in [0.1, 0.15) is 23.1 Å². The van der Waals surface area contributed by atoms with Gasteiger partial charge < -0.3 is 14.8 Å². The quantitative estimate of drug-likeness (QED) is 0.782. The normalized spacial score (nSPS) is 10.2. The lowest BCUT2D eigenvalue weighted by Crippen LogP contribution is -2.22. The number of anilines is 1. The van der Waals surface area contributed by atoms with E-state index in [-0.39, 0.29) is 25.5 Å². The Morgan fingerprint density at radius 1 is 1.00 bits per heavy atom. The first-order chi connectivity index (χ1) is 11.9. The second-order valence-electron chi connectivity index (χ2n) is 5.94. The van der Waals surface area contributed by atoms with Gasteiger partial charge in [0.1, 0.15) is 5.75 Å². The summed E-state index contributed by atoms with van der Waals surface area (Å²) in [5, 5.41) is 2.75. The summed E-state index contributed by atoms with van der Waals surface area (Å²) in [5.41, 5.74) is 3.81. The molecule has 0 aliphatic heterocycles. The third kappa shape index (κ3) is 6.30. The van der Waals surface area contributed by atoms with Crippen molar-refractivity contribution >= 4 is 17.6 Å². The van der Waals surface area contributed by atoms with Crippen molar-refractivity contribution in [1.29, 1.82) is 0 Å². The van der Waals surface area contributed by atoms with Gasteiger partial charge in [0.05, 0.1) is 13.0 Å². The van der Waals surface area contributed by atoms with Gasteiger partial charge in [-0.1, -0.05) is 24.3 Å². The summed E-state index contributed by atoms with van der Waals surface area (Å²) < 4.78 is 10.5. The van der Waals surface area contributed by atoms with E-state index >= 15 is 0 Å². The molecule has 0 aliphatic rings. The van der Waals surface area contributed by atoms with Crippen molar-refractivity contribution in [1.82, 2.24) is 0 Å². The number of nitrogens with one attached hydrogen (secondary N) is 1. The second kappa shape index (κ2) is 8.87. The molecule has 0 heterocycles. The van der Waals surface area contributed by atoms with Crippen LogP contribution in [0.5, 0.6) is 5.75 Å². The lowest BCUT2D eigenvalue weighted by molar-refractivity contribution is -0.147. The van der Waals surface area contributed by atoms with Crippen LogP contribution in [0.2, 0.25) is 0 Å². The number of benzene rings is 2. The molecule has 2 aromatic rings. The zero-order chi connectivity index (χ0) is 18.2. The molecule has 2 rings (SSSR count). The van der Waals surface area contributed by atoms with Crippen LogP contribution in [0.3, 0.4) is 0 Å². The number of carbonyl (C=O) groups is 2. The van der Waals surface area contributed by atoms with E-state index in [1.165, 1.54) is 0 Å². The molecular formula is C20H23NO4. The van der Waals surface area contributed by atoms with E-state index in [0.717, 1.165) is 22.4 Å². The topological polar surface area (TPSA) is 64.6 Å². The first-order valence-corrected chi connectivity index (χ1v) is 8.16. The number of amides is 1. The minimum absolute atomic E-state index is 0.0880. The molecule has 0 bridgehead atoms. The highest BCUT2D eigenvalue weighted by Gasteiger charge is 2.09. The molecule has 1 amide bonds. The SMILES string of the molecule is Cc1cccc(OCCC(=O)OCC(=O)Nc2cc(C)ccc2C)c1. The average Bonchev–Trinajstić information content (AvgIpc) is 2.56. The standard InChI is InChI=1S/C20H23NO4/c1-14-5-4-6-17(11-14)24-10-9-20(23)25-13-19(22)21-18-12-15(2)7-8-16(18)3/h4-8,11-12H,9-10,13H2,1-3H3,(H,21,22). The van der Waals surface area contributed by atoms with Crippen molar-refractivity contribution in [2.24, 2.45) is 0 Å². The van der Waals surface area contributed by atoms with Crippen molar-refractivity contribution in [3.63, 3.8) is 0 Å². The molecule has 0 spiro atoms. The van der Waals surface area contributed by atoms with Crippen molar-refractivity contribution in [3.05, 3.63) is 59.2 Å². The Kier molecular flexibility index (Phi) is 6.57. The third-order valence-electron chi connectivity index (χ3n) is 3.60. The Labute approximate surface area is 148 Å². The first-order valence-electron chi connectivity index (χ1n) is 8.16. The highest BCUT2D eigenvalue weighted by molar-refractivity contribution is 5.93. The van der Waals surface area contributed by atoms with E-state index in [2.05, 4.69) is 5.32 Å². The van der Waals surface area contributed by atoms with Gasteiger partial charge in [-0.25, -0.2) is 0 Å². The molecular weight excluding hydrogens is 318 g/mol. The molecule has 132 valence electrons. The number of carbonyl (C=O) groups excluding carboxylic acids is 2. The predicted molar refractivity (Wildman–Crippen MR) is 96.8 cm³/mol. The summed E-state index contributed by atoms with van der Waals surface area (Å²) in [6.45, 7) is 5.72. The molecule has 0 fully saturated rings. The molecule has 0 atom stereocenters. The fourth-order valence-electron chi connectivity index (χ4n) is 2.23. The van der Waals surface area contributed by atoms with E-state index in [4.69, 9.17) is 9.47 Å². The smallest absolute Gasteiger partial charge is 0.309 e. The minimum Gasteiger partial charge on any atom is -0.493 e. The maximum atomic E-state index is 11.9. The van der Waals surface area contributed by atoms with Crippen LogP contribution >= 0.6 is 0 Å². The monoisotopic (exact) mass is 341 g/mol. The summed E-state index contributed by atoms with van der Waals surface area (Å²) in [7, 11) is 0. The van der Waals surface area contributed by atoms with E-state index < -0.39 is 5.97 Å². The summed E-state index contributed by atoms with van der Waals surface area (Å²) in [5.74, 6) is -0.120. The lowest BCUT2D eigenvalue weighted by Gasteiger charge is -2.10. The van der Waals surface area contributed by atoms with Gasteiger partial charge in [0.15, 0.2) is 6.61 Å². The highest BCUT2D eigenvalue weighted by atomic mass is 16.5. The lowest BCUT2D eigenvalue weighted by atomic mass is 10.1. The zero-order valence-electron chi connectivity index (χ0n) is 14.8. The molecule has 2 aromatic carbocycles. The molecule has 5 heteroatoms. The maximum Gasteiger partial charge on any atom is 0.309 e. The molecule has 0 saturated carbocycles. The van der Waals surface area contributed by atoms with Gasteiger partial charge in [0, 0.05) is 5.69 Å². The molecule has 1 N–H and O–H groups in total. The fraction of sp³-hybridized carbons (Fsp3) is 0.300. The van der Waals surface area contributed by atoms with Gasteiger partial charge in [-0.2, -0.15) is 0 Å². The van der Waals surface area contributed by atoms with Gasteiger partial charge in [0.25, 0.3) is 5.91 Å². The van der Waals surface area contributed by atoms with Crippen LogP contribution in [0.15, 0.2) is 42.5 Å². The largest absolute Gasteiger partial charge is 0.493 e. The Morgan fingerprint density at radius 2 is 1.76 bits per heavy atom. The van der Waals surface area contributed by atoms with Gasteiger partial charge in [0.2, 0.25) is 0 Å². The zero-order valence-corrected chi connectivity index (χ0v) is 14.8. The Bertz CT molecular complexity index is 755. The minimum atomic E-state index is -0.469. The predicted octanol–water partition coefficient (Wildman–Crippen LogP) is 3.56. The summed E-state index contributed by atoms with van der Waals surface area (Å²) >= 11 is 0. The van der Waals surface area contributed by atoms with Crippen molar-refractivity contribution in [2.45, 2.75) is 27.2 Å². The Hall–Kier alpha value is -2.82. The summed E-state index contributed by atoms with van der Waals surface area (Å²) in [6.07, 6.45) is 0.0880. The van der Waals surface area contributed by atoms with Crippen LogP contribution in [-0.2, 0) is 14.3 Å². The third-order valence-corrected chi connectivity index (χ3v) is 3.60. The molecule has 0 unspecified atom stereocenters. The van der Waals surface area contributed by atoms with Crippen LogP contribution in [0.4, 0.5) is 5.69 Å². The van der Waals surface area contributed by atoms with Crippen molar-refractivity contribution in [3.8, 4) is 5.75 Å². The average molecular weight is 341 g/mol. The summed E-state index contributed by atoms with van der Waals surface area (Å²) in [4.78, 5) is 23.6. The van der Waals surface area contributed by atoms with Crippen LogP contribution in [0, 0.1) is 20.8 Å². The Morgan fingerprint density at radius 3 is 2.52 bits per heavy atom. The number of hydrogen-bond donors (Lipinski definition) is 1. The molecule has 0 aromatic heterocycles. The molecule has 0 aliphatic carbocycles. The molecule has 0 radical (unpaired) electrons. The molecule has 5 nitrogen and oxygen atoms in total. The van der Waals surface area contributed by atoms with Crippen LogP contribution in [0.25, 0.3) is 0 Å². The van der Waals surface area contributed by atoms with Crippen LogP contribution < -0.4 is 10.1 Å². The van der Waals surface area contributed by atoms with Gasteiger partial charge in [-0.3, -0.25) is 9.59 Å². The van der Waals surface area contributed by atoms with E-state index in [1.807, 2.05) is 63.2 Å². The first kappa shape index (κ1) is 18.5. The number of rotatable bonds is 7. The fourth-order valence-corrected chi connectivity index (χ4v) is 2.23. The number of aryl methyl sites for hydroxylation is 3. The van der Waals surface area contributed by atoms with Crippen molar-refractivity contribution in [2.75, 3.05) is 18.5 Å². The van der Waals surface area contributed by atoms with Gasteiger partial charge >= 0.3 is 5.97 Å².